The van der Waals surface area contributed by atoms with E-state index in [0.29, 0.717) is 18.9 Å². The fourth-order valence-electron chi connectivity index (χ4n) is 2.49. The SMILES string of the molecule is Cc1ccsc1[C@H]1C[C@H]1C(=O)NCCc1nc(C(=O)O)cs1. The zero-order valence-corrected chi connectivity index (χ0v) is 13.7. The molecule has 1 amide bonds. The van der Waals surface area contributed by atoms with Crippen molar-refractivity contribution in [2.24, 2.45) is 5.92 Å². The molecule has 116 valence electrons. The summed E-state index contributed by atoms with van der Waals surface area (Å²) in [6.45, 7) is 2.58. The smallest absolute Gasteiger partial charge is 0.355 e. The fraction of sp³-hybridized carbons (Fsp3) is 0.400. The number of thiazole rings is 1. The highest BCUT2D eigenvalue weighted by Gasteiger charge is 2.45. The highest BCUT2D eigenvalue weighted by atomic mass is 32.1. The van der Waals surface area contributed by atoms with Gasteiger partial charge in [0, 0.05) is 35.1 Å². The Morgan fingerprint density at radius 2 is 2.27 bits per heavy atom. The summed E-state index contributed by atoms with van der Waals surface area (Å²) in [5.74, 6) is -0.465. The molecule has 0 aliphatic heterocycles. The van der Waals surface area contributed by atoms with Gasteiger partial charge in [-0.25, -0.2) is 9.78 Å². The van der Waals surface area contributed by atoms with E-state index in [4.69, 9.17) is 5.11 Å². The lowest BCUT2D eigenvalue weighted by Crippen LogP contribution is -2.27. The topological polar surface area (TPSA) is 79.3 Å². The molecule has 0 bridgehead atoms. The van der Waals surface area contributed by atoms with E-state index in [9.17, 15) is 9.59 Å². The zero-order valence-electron chi connectivity index (χ0n) is 12.0. The van der Waals surface area contributed by atoms with Crippen molar-refractivity contribution < 1.29 is 14.7 Å². The molecule has 0 unspecified atom stereocenters. The Labute approximate surface area is 136 Å². The summed E-state index contributed by atoms with van der Waals surface area (Å²) < 4.78 is 0. The van der Waals surface area contributed by atoms with Crippen LogP contribution in [0, 0.1) is 12.8 Å². The second-order valence-electron chi connectivity index (χ2n) is 5.39. The van der Waals surface area contributed by atoms with E-state index in [2.05, 4.69) is 28.7 Å². The molecule has 3 rings (SSSR count). The Morgan fingerprint density at radius 3 is 2.91 bits per heavy atom. The van der Waals surface area contributed by atoms with E-state index < -0.39 is 5.97 Å². The number of nitrogens with one attached hydrogen (secondary N) is 1. The average Bonchev–Trinajstić information content (AvgIpc) is 2.91. The maximum Gasteiger partial charge on any atom is 0.355 e. The second kappa shape index (κ2) is 6.18. The Balaban J connectivity index is 1.45. The van der Waals surface area contributed by atoms with E-state index in [1.54, 1.807) is 11.3 Å². The monoisotopic (exact) mass is 336 g/mol. The van der Waals surface area contributed by atoms with Gasteiger partial charge >= 0.3 is 5.97 Å². The third-order valence-corrected chi connectivity index (χ3v) is 5.83. The average molecular weight is 336 g/mol. The van der Waals surface area contributed by atoms with E-state index in [1.807, 2.05) is 0 Å². The Hall–Kier alpha value is -1.73. The number of aromatic carboxylic acids is 1. The first-order valence-corrected chi connectivity index (χ1v) is 8.81. The molecule has 0 spiro atoms. The van der Waals surface area contributed by atoms with Crippen LogP contribution in [0.25, 0.3) is 0 Å². The maximum absolute atomic E-state index is 12.1. The van der Waals surface area contributed by atoms with Crippen molar-refractivity contribution in [1.82, 2.24) is 10.3 Å². The van der Waals surface area contributed by atoms with Crippen LogP contribution in [0.1, 0.15) is 38.3 Å². The zero-order chi connectivity index (χ0) is 15.7. The molecule has 1 saturated carbocycles. The van der Waals surface area contributed by atoms with Crippen LogP contribution in [0.5, 0.6) is 0 Å². The number of carbonyl (C=O) groups is 2. The van der Waals surface area contributed by atoms with Crippen LogP contribution in [-0.2, 0) is 11.2 Å². The van der Waals surface area contributed by atoms with Gasteiger partial charge in [-0.05, 0) is 30.4 Å². The quantitative estimate of drug-likeness (QED) is 0.850. The molecular formula is C15H16N2O3S2. The van der Waals surface area contributed by atoms with E-state index in [1.165, 1.54) is 27.2 Å². The number of carboxylic acid groups (broad SMARTS) is 1. The number of aromatic nitrogens is 1. The summed E-state index contributed by atoms with van der Waals surface area (Å²) >= 11 is 3.04. The molecular weight excluding hydrogens is 320 g/mol. The Morgan fingerprint density at radius 1 is 1.45 bits per heavy atom. The molecule has 2 atom stereocenters. The first kappa shape index (κ1) is 15.2. The summed E-state index contributed by atoms with van der Waals surface area (Å²) in [5, 5.41) is 16.1. The molecule has 2 aromatic heterocycles. The van der Waals surface area contributed by atoms with Crippen LogP contribution < -0.4 is 5.32 Å². The molecule has 1 aliphatic carbocycles. The molecule has 7 heteroatoms. The normalized spacial score (nSPS) is 19.9. The van der Waals surface area contributed by atoms with E-state index in [-0.39, 0.29) is 17.5 Å². The molecule has 0 saturated heterocycles. The van der Waals surface area contributed by atoms with E-state index >= 15 is 0 Å². The predicted octanol–water partition coefficient (Wildman–Crippen LogP) is 2.67. The molecule has 2 N–H and O–H groups in total. The van der Waals surface area contributed by atoms with Gasteiger partial charge in [0.25, 0.3) is 0 Å². The van der Waals surface area contributed by atoms with Crippen molar-refractivity contribution in [3.63, 3.8) is 0 Å². The third kappa shape index (κ3) is 3.20. The minimum atomic E-state index is -1.02. The highest BCUT2D eigenvalue weighted by Crippen LogP contribution is 2.50. The second-order valence-corrected chi connectivity index (χ2v) is 7.28. The maximum atomic E-state index is 12.1. The molecule has 0 radical (unpaired) electrons. The number of rotatable bonds is 6. The minimum absolute atomic E-state index is 0.0711. The van der Waals surface area contributed by atoms with Crippen molar-refractivity contribution in [2.45, 2.75) is 25.7 Å². The van der Waals surface area contributed by atoms with Crippen LogP contribution in [0.3, 0.4) is 0 Å². The van der Waals surface area contributed by atoms with Crippen LogP contribution in [0.15, 0.2) is 16.8 Å². The number of carbonyl (C=O) groups excluding carboxylic acids is 1. The number of hydrogen-bond acceptors (Lipinski definition) is 5. The van der Waals surface area contributed by atoms with Crippen molar-refractivity contribution in [3.8, 4) is 0 Å². The first-order valence-electron chi connectivity index (χ1n) is 7.05. The lowest BCUT2D eigenvalue weighted by atomic mass is 10.2. The molecule has 5 nitrogen and oxygen atoms in total. The molecule has 2 heterocycles. The van der Waals surface area contributed by atoms with Gasteiger partial charge in [0.2, 0.25) is 5.91 Å². The highest BCUT2D eigenvalue weighted by molar-refractivity contribution is 7.10. The molecule has 2 aromatic rings. The lowest BCUT2D eigenvalue weighted by molar-refractivity contribution is -0.122. The van der Waals surface area contributed by atoms with Crippen molar-refractivity contribution in [3.05, 3.63) is 38.0 Å². The molecule has 1 fully saturated rings. The van der Waals surface area contributed by atoms with Gasteiger partial charge < -0.3 is 10.4 Å². The van der Waals surface area contributed by atoms with Gasteiger partial charge in [-0.2, -0.15) is 0 Å². The van der Waals surface area contributed by atoms with Crippen LogP contribution in [0.2, 0.25) is 0 Å². The lowest BCUT2D eigenvalue weighted by Gasteiger charge is -2.03. The van der Waals surface area contributed by atoms with Gasteiger partial charge in [0.15, 0.2) is 5.69 Å². The molecule has 22 heavy (non-hydrogen) atoms. The van der Waals surface area contributed by atoms with Gasteiger partial charge in [-0.3, -0.25) is 4.79 Å². The molecule has 0 aromatic carbocycles. The minimum Gasteiger partial charge on any atom is -0.476 e. The number of thiophene rings is 1. The molecule has 1 aliphatic rings. The van der Waals surface area contributed by atoms with E-state index in [0.717, 1.165) is 11.4 Å². The van der Waals surface area contributed by atoms with Crippen LogP contribution in [-0.4, -0.2) is 28.5 Å². The first-order chi connectivity index (χ1) is 10.6. The largest absolute Gasteiger partial charge is 0.476 e. The number of nitrogens with zero attached hydrogens (tertiary/aromatic N) is 1. The fourth-order valence-corrected chi connectivity index (χ4v) is 4.37. The van der Waals surface area contributed by atoms with Crippen LogP contribution >= 0.6 is 22.7 Å². The van der Waals surface area contributed by atoms with Crippen molar-refractivity contribution >= 4 is 34.6 Å². The van der Waals surface area contributed by atoms with Crippen LogP contribution in [0.4, 0.5) is 0 Å². The Bertz CT molecular complexity index is 707. The number of hydrogen-bond donors (Lipinski definition) is 2. The number of amides is 1. The summed E-state index contributed by atoms with van der Waals surface area (Å²) in [4.78, 5) is 28.2. The summed E-state index contributed by atoms with van der Waals surface area (Å²) in [6, 6.07) is 2.09. The summed E-state index contributed by atoms with van der Waals surface area (Å²) in [6.07, 6.45) is 1.49. The third-order valence-electron chi connectivity index (χ3n) is 3.77. The Kier molecular flexibility index (Phi) is 4.26. The van der Waals surface area contributed by atoms with Gasteiger partial charge in [-0.15, -0.1) is 22.7 Å². The number of carboxylic acids is 1. The van der Waals surface area contributed by atoms with Crippen molar-refractivity contribution in [2.75, 3.05) is 6.54 Å². The predicted molar refractivity (Wildman–Crippen MR) is 85.7 cm³/mol. The summed E-state index contributed by atoms with van der Waals surface area (Å²) in [5.41, 5.74) is 1.34. The van der Waals surface area contributed by atoms with Gasteiger partial charge in [-0.1, -0.05) is 0 Å². The standard InChI is InChI=1S/C15H16N2O3S2/c1-8-3-5-21-13(8)9-6-10(9)14(18)16-4-2-12-17-11(7-22-12)15(19)20/h3,5,7,9-10H,2,4,6H2,1H3,(H,16,18)(H,19,20)/t9-,10+/m0/s1. The summed E-state index contributed by atoms with van der Waals surface area (Å²) in [7, 11) is 0. The number of aryl methyl sites for hydroxylation is 1. The van der Waals surface area contributed by atoms with Gasteiger partial charge in [0.1, 0.15) is 0 Å². The van der Waals surface area contributed by atoms with Gasteiger partial charge in [0.05, 0.1) is 5.01 Å². The van der Waals surface area contributed by atoms with Crippen molar-refractivity contribution in [1.29, 1.82) is 0 Å².